The summed E-state index contributed by atoms with van der Waals surface area (Å²) in [5.41, 5.74) is 15.2. The van der Waals surface area contributed by atoms with Gasteiger partial charge in [0.2, 0.25) is 11.8 Å². The molecule has 0 aliphatic heterocycles. The van der Waals surface area contributed by atoms with E-state index in [0.29, 0.717) is 23.5 Å². The zero-order valence-corrected chi connectivity index (χ0v) is 32.4. The van der Waals surface area contributed by atoms with Gasteiger partial charge in [0.1, 0.15) is 5.52 Å². The first-order chi connectivity index (χ1) is 29.7. The molecule has 282 valence electrons. The predicted octanol–water partition coefficient (Wildman–Crippen LogP) is 13.1. The van der Waals surface area contributed by atoms with Crippen LogP contribution in [-0.4, -0.2) is 24.5 Å². The van der Waals surface area contributed by atoms with Crippen LogP contribution in [0.2, 0.25) is 0 Å². The molecule has 8 aromatic carbocycles. The molecule has 3 aromatic heterocycles. The Labute approximate surface area is 346 Å². The second kappa shape index (κ2) is 13.9. The summed E-state index contributed by atoms with van der Waals surface area (Å²) in [4.78, 5) is 20.6. The molecule has 60 heavy (non-hydrogen) atoms. The van der Waals surface area contributed by atoms with Crippen LogP contribution >= 0.6 is 0 Å². The van der Waals surface area contributed by atoms with E-state index in [1.807, 2.05) is 48.5 Å². The lowest BCUT2D eigenvalue weighted by molar-refractivity contribution is 0.620. The number of benzene rings is 8. The number of fused-ring (bicyclic) bond motifs is 8. The van der Waals surface area contributed by atoms with E-state index >= 15 is 0 Å². The van der Waals surface area contributed by atoms with Crippen molar-refractivity contribution in [2.24, 2.45) is 0 Å². The Hall–Kier alpha value is -7.96. The Morgan fingerprint density at radius 1 is 0.450 bits per heavy atom. The van der Waals surface area contributed by atoms with Crippen molar-refractivity contribution in [1.29, 1.82) is 0 Å². The van der Waals surface area contributed by atoms with Gasteiger partial charge in [0.15, 0.2) is 17.2 Å². The molecular weight excluding hydrogens is 735 g/mol. The Balaban J connectivity index is 1.08. The molecular formula is C54H35N5O. The number of hydrogen-bond acceptors (Lipinski definition) is 5. The minimum atomic E-state index is 0.0415. The lowest BCUT2D eigenvalue weighted by Gasteiger charge is -2.30. The fourth-order valence-electron chi connectivity index (χ4n) is 9.05. The van der Waals surface area contributed by atoms with Crippen molar-refractivity contribution in [3.8, 4) is 62.4 Å². The third-order valence-electron chi connectivity index (χ3n) is 11.9. The standard InChI is InChI=1S/C54H35N5O/c1-3-13-34(14-4-1)35-23-27-38(28-24-35)52-56-51(37-15-5-2-6-16-37)57-54(58-52)59-47-21-11-9-19-42(47)44-32-31-43-41-18-8-7-17-40(41)33-45(49(43)50(44)59)36-25-29-39(30-26-36)53-55-46-20-10-12-22-48(46)60-53/h1-32,45H,33H2. The second-order valence-corrected chi connectivity index (χ2v) is 15.4. The van der Waals surface area contributed by atoms with E-state index in [1.54, 1.807) is 0 Å². The largest absolute Gasteiger partial charge is 0.436 e. The molecule has 12 rings (SSSR count). The maximum Gasteiger partial charge on any atom is 0.238 e. The van der Waals surface area contributed by atoms with Gasteiger partial charge < -0.3 is 4.42 Å². The summed E-state index contributed by atoms with van der Waals surface area (Å²) in [6.45, 7) is 0. The number of hydrogen-bond donors (Lipinski definition) is 0. The average Bonchev–Trinajstić information content (AvgIpc) is 3.92. The fourth-order valence-corrected chi connectivity index (χ4v) is 9.05. The predicted molar refractivity (Wildman–Crippen MR) is 241 cm³/mol. The molecule has 1 unspecified atom stereocenters. The van der Waals surface area contributed by atoms with E-state index in [1.165, 1.54) is 27.8 Å². The van der Waals surface area contributed by atoms with Gasteiger partial charge in [0, 0.05) is 33.4 Å². The Morgan fingerprint density at radius 2 is 1.07 bits per heavy atom. The van der Waals surface area contributed by atoms with Crippen LogP contribution in [0.3, 0.4) is 0 Å². The summed E-state index contributed by atoms with van der Waals surface area (Å²) >= 11 is 0. The number of aromatic nitrogens is 5. The number of para-hydroxylation sites is 3. The van der Waals surface area contributed by atoms with Gasteiger partial charge in [0.05, 0.1) is 11.0 Å². The second-order valence-electron chi connectivity index (χ2n) is 15.4. The number of oxazole rings is 1. The van der Waals surface area contributed by atoms with Gasteiger partial charge >= 0.3 is 0 Å². The molecule has 0 bridgehead atoms. The minimum absolute atomic E-state index is 0.0415. The summed E-state index contributed by atoms with van der Waals surface area (Å²) in [5.74, 6) is 2.48. The average molecular weight is 770 g/mol. The summed E-state index contributed by atoms with van der Waals surface area (Å²) in [6, 6.07) is 67.8. The summed E-state index contributed by atoms with van der Waals surface area (Å²) in [5, 5.41) is 2.31. The van der Waals surface area contributed by atoms with Crippen LogP contribution in [0.4, 0.5) is 0 Å². The molecule has 0 fully saturated rings. The molecule has 11 aromatic rings. The van der Waals surface area contributed by atoms with Crippen LogP contribution in [0.1, 0.15) is 22.6 Å². The third-order valence-corrected chi connectivity index (χ3v) is 11.9. The Bertz CT molecular complexity index is 3360. The number of nitrogens with zero attached hydrogens (tertiary/aromatic N) is 5. The first-order valence-corrected chi connectivity index (χ1v) is 20.3. The highest BCUT2D eigenvalue weighted by Crippen LogP contribution is 2.48. The van der Waals surface area contributed by atoms with Gasteiger partial charge in [0.25, 0.3) is 0 Å². The van der Waals surface area contributed by atoms with Crippen LogP contribution in [0.5, 0.6) is 0 Å². The molecule has 0 saturated heterocycles. The summed E-state index contributed by atoms with van der Waals surface area (Å²) < 4.78 is 8.46. The topological polar surface area (TPSA) is 69.6 Å². The van der Waals surface area contributed by atoms with Crippen LogP contribution in [0.15, 0.2) is 199 Å². The fraction of sp³-hybridized carbons (Fsp3) is 0.0370. The maximum absolute atomic E-state index is 6.17. The first-order valence-electron chi connectivity index (χ1n) is 20.3. The molecule has 1 aliphatic carbocycles. The van der Waals surface area contributed by atoms with E-state index in [-0.39, 0.29) is 5.92 Å². The van der Waals surface area contributed by atoms with Gasteiger partial charge in [-0.1, -0.05) is 164 Å². The van der Waals surface area contributed by atoms with Crippen LogP contribution in [-0.2, 0) is 6.42 Å². The van der Waals surface area contributed by atoms with E-state index in [2.05, 4.69) is 150 Å². The van der Waals surface area contributed by atoms with Gasteiger partial charge in [-0.15, -0.1) is 0 Å². The first kappa shape index (κ1) is 34.1. The zero-order chi connectivity index (χ0) is 39.6. The SMILES string of the molecule is c1ccc(-c2ccc(-c3nc(-c4ccccc4)nc(-n4c5ccccc5c5ccc6c(c54)C(c4ccc(-c5nc7ccccc7o5)cc4)Cc4ccccc4-6)n3)cc2)cc1. The lowest BCUT2D eigenvalue weighted by Crippen LogP contribution is -2.15. The summed E-state index contributed by atoms with van der Waals surface area (Å²) in [7, 11) is 0. The molecule has 6 heteroatoms. The van der Waals surface area contributed by atoms with Crippen molar-refractivity contribution in [2.75, 3.05) is 0 Å². The van der Waals surface area contributed by atoms with Crippen molar-refractivity contribution in [3.05, 3.63) is 211 Å². The zero-order valence-electron chi connectivity index (χ0n) is 32.4. The normalized spacial score (nSPS) is 13.4. The molecule has 1 atom stereocenters. The van der Waals surface area contributed by atoms with Gasteiger partial charge in [-0.05, 0) is 75.7 Å². The maximum atomic E-state index is 6.17. The van der Waals surface area contributed by atoms with Crippen LogP contribution < -0.4 is 0 Å². The van der Waals surface area contributed by atoms with Gasteiger partial charge in [-0.25, -0.2) is 9.97 Å². The van der Waals surface area contributed by atoms with E-state index < -0.39 is 0 Å². The highest BCUT2D eigenvalue weighted by molar-refractivity contribution is 6.12. The third kappa shape index (κ3) is 5.64. The molecule has 0 spiro atoms. The van der Waals surface area contributed by atoms with E-state index in [9.17, 15) is 0 Å². The Kier molecular flexibility index (Phi) is 7.88. The van der Waals surface area contributed by atoms with E-state index in [0.717, 1.165) is 67.1 Å². The Morgan fingerprint density at radius 3 is 1.85 bits per heavy atom. The number of rotatable bonds is 6. The van der Waals surface area contributed by atoms with Crippen molar-refractivity contribution < 1.29 is 4.42 Å². The lowest BCUT2D eigenvalue weighted by atomic mass is 9.74. The van der Waals surface area contributed by atoms with Gasteiger partial charge in [-0.2, -0.15) is 9.97 Å². The van der Waals surface area contributed by atoms with Crippen molar-refractivity contribution in [2.45, 2.75) is 12.3 Å². The molecule has 0 amide bonds. The van der Waals surface area contributed by atoms with Crippen LogP contribution in [0, 0.1) is 0 Å². The molecule has 3 heterocycles. The molecule has 0 radical (unpaired) electrons. The van der Waals surface area contributed by atoms with Crippen molar-refractivity contribution >= 4 is 32.9 Å². The van der Waals surface area contributed by atoms with Crippen molar-refractivity contribution in [3.63, 3.8) is 0 Å². The highest BCUT2D eigenvalue weighted by Gasteiger charge is 2.31. The molecule has 0 saturated carbocycles. The summed E-state index contributed by atoms with van der Waals surface area (Å²) in [6.07, 6.45) is 0.845. The highest BCUT2D eigenvalue weighted by atomic mass is 16.3. The monoisotopic (exact) mass is 769 g/mol. The molecule has 6 nitrogen and oxygen atoms in total. The quantitative estimate of drug-likeness (QED) is 0.168. The van der Waals surface area contributed by atoms with Gasteiger partial charge in [-0.3, -0.25) is 4.57 Å². The smallest absolute Gasteiger partial charge is 0.238 e. The molecule has 0 N–H and O–H groups in total. The minimum Gasteiger partial charge on any atom is -0.436 e. The van der Waals surface area contributed by atoms with Crippen LogP contribution in [0.25, 0.3) is 95.3 Å². The van der Waals surface area contributed by atoms with Crippen molar-refractivity contribution in [1.82, 2.24) is 24.5 Å². The van der Waals surface area contributed by atoms with E-state index in [4.69, 9.17) is 24.4 Å². The molecule has 1 aliphatic rings.